The van der Waals surface area contributed by atoms with Crippen molar-refractivity contribution in [2.24, 2.45) is 0 Å². The molecular formula is C13H14BrF2N2O6PS. The highest BCUT2D eigenvalue weighted by Crippen LogP contribution is 2.60. The molecule has 0 aliphatic carbocycles. The van der Waals surface area contributed by atoms with Crippen LogP contribution in [0.5, 0.6) is 6.01 Å². The standard InChI is InChI=1S/C13H14BrF2N2O6PS/c1-26(22,23)4-2-3-24-12-17-7-8-5-10(14)9(6-11(8)18-12)13(15,16)25(19,20)21/h5-7H,2-4H2,1H3,(H2,19,20,21). The average Bonchev–Trinajstić information content (AvgIpc) is 2.49. The van der Waals surface area contributed by atoms with Crippen LogP contribution in [0.3, 0.4) is 0 Å². The quantitative estimate of drug-likeness (QED) is 0.462. The highest BCUT2D eigenvalue weighted by molar-refractivity contribution is 9.10. The zero-order chi connectivity index (χ0) is 19.8. The molecule has 0 spiro atoms. The lowest BCUT2D eigenvalue weighted by Crippen LogP contribution is -2.14. The van der Waals surface area contributed by atoms with E-state index >= 15 is 0 Å². The van der Waals surface area contributed by atoms with Gasteiger partial charge in [-0.05, 0) is 18.6 Å². The van der Waals surface area contributed by atoms with Crippen LogP contribution in [-0.2, 0) is 20.1 Å². The average molecular weight is 475 g/mol. The number of benzene rings is 1. The van der Waals surface area contributed by atoms with E-state index in [4.69, 9.17) is 14.5 Å². The molecule has 8 nitrogen and oxygen atoms in total. The number of alkyl halides is 2. The van der Waals surface area contributed by atoms with Gasteiger partial charge in [0.05, 0.1) is 17.9 Å². The molecule has 26 heavy (non-hydrogen) atoms. The molecule has 0 aliphatic heterocycles. The molecule has 144 valence electrons. The van der Waals surface area contributed by atoms with Crippen LogP contribution in [0, 0.1) is 0 Å². The van der Waals surface area contributed by atoms with Crippen molar-refractivity contribution in [1.29, 1.82) is 0 Å². The summed E-state index contributed by atoms with van der Waals surface area (Å²) in [6.45, 7) is 0.000599. The molecule has 2 N–H and O–H groups in total. The van der Waals surface area contributed by atoms with Crippen LogP contribution >= 0.6 is 23.5 Å². The molecule has 1 aromatic carbocycles. The Morgan fingerprint density at radius 1 is 1.35 bits per heavy atom. The molecule has 0 aliphatic rings. The third kappa shape index (κ3) is 4.95. The Hall–Kier alpha value is -1.20. The summed E-state index contributed by atoms with van der Waals surface area (Å²) >= 11 is 2.87. The highest BCUT2D eigenvalue weighted by atomic mass is 79.9. The van der Waals surface area contributed by atoms with Crippen molar-refractivity contribution in [2.75, 3.05) is 18.6 Å². The van der Waals surface area contributed by atoms with E-state index in [-0.39, 0.29) is 34.8 Å². The minimum Gasteiger partial charge on any atom is -0.463 e. The van der Waals surface area contributed by atoms with Crippen molar-refractivity contribution in [2.45, 2.75) is 12.1 Å². The second-order valence-corrected chi connectivity index (χ2v) is 10.2. The Kier molecular flexibility index (Phi) is 6.03. The number of hydrogen-bond donors (Lipinski definition) is 2. The summed E-state index contributed by atoms with van der Waals surface area (Å²) in [6, 6.07) is 1.88. The zero-order valence-electron chi connectivity index (χ0n) is 13.3. The van der Waals surface area contributed by atoms with Crippen molar-refractivity contribution >= 4 is 44.3 Å². The fourth-order valence-corrected chi connectivity index (χ4v) is 3.88. The minimum atomic E-state index is -5.74. The van der Waals surface area contributed by atoms with Crippen molar-refractivity contribution in [3.8, 4) is 6.01 Å². The van der Waals surface area contributed by atoms with Crippen LogP contribution in [0.4, 0.5) is 8.78 Å². The van der Waals surface area contributed by atoms with E-state index in [0.717, 1.165) is 12.3 Å². The van der Waals surface area contributed by atoms with E-state index in [2.05, 4.69) is 25.9 Å². The van der Waals surface area contributed by atoms with E-state index in [0.29, 0.717) is 5.39 Å². The van der Waals surface area contributed by atoms with Gasteiger partial charge in [0.2, 0.25) is 0 Å². The molecule has 0 atom stereocenters. The number of aromatic nitrogens is 2. The molecule has 0 bridgehead atoms. The van der Waals surface area contributed by atoms with Crippen molar-refractivity contribution < 1.29 is 36.3 Å². The van der Waals surface area contributed by atoms with Gasteiger partial charge in [0.25, 0.3) is 0 Å². The predicted octanol–water partition coefficient (Wildman–Crippen LogP) is 2.43. The Morgan fingerprint density at radius 3 is 2.58 bits per heavy atom. The number of nitrogens with zero attached hydrogens (tertiary/aromatic N) is 2. The van der Waals surface area contributed by atoms with E-state index < -0.39 is 28.7 Å². The lowest BCUT2D eigenvalue weighted by atomic mass is 10.1. The minimum absolute atomic E-state index is 0.000599. The number of halogens is 3. The summed E-state index contributed by atoms with van der Waals surface area (Å²) in [4.78, 5) is 25.6. The smallest absolute Gasteiger partial charge is 0.399 e. The van der Waals surface area contributed by atoms with Crippen LogP contribution in [0.1, 0.15) is 12.0 Å². The van der Waals surface area contributed by atoms with Crippen LogP contribution < -0.4 is 4.74 Å². The fourth-order valence-electron chi connectivity index (χ4n) is 1.98. The van der Waals surface area contributed by atoms with Gasteiger partial charge in [-0.15, -0.1) is 0 Å². The number of rotatable bonds is 7. The largest absolute Gasteiger partial charge is 0.463 e. The summed E-state index contributed by atoms with van der Waals surface area (Å²) in [5.41, 5.74) is -5.33. The van der Waals surface area contributed by atoms with Crippen LogP contribution in [0.25, 0.3) is 10.9 Å². The van der Waals surface area contributed by atoms with E-state index in [9.17, 15) is 21.8 Å². The fraction of sp³-hybridized carbons (Fsp3) is 0.385. The monoisotopic (exact) mass is 474 g/mol. The summed E-state index contributed by atoms with van der Waals surface area (Å²) in [5.74, 6) is -0.0911. The van der Waals surface area contributed by atoms with Gasteiger partial charge in [0.15, 0.2) is 0 Å². The van der Waals surface area contributed by atoms with Gasteiger partial charge in [-0.25, -0.2) is 13.4 Å². The molecule has 1 aromatic heterocycles. The first kappa shape index (κ1) is 21.1. The summed E-state index contributed by atoms with van der Waals surface area (Å²) in [5, 5.41) is 0.339. The molecule has 2 aromatic rings. The first-order valence-corrected chi connectivity index (χ1v) is 11.5. The molecule has 0 unspecified atom stereocenters. The molecular weight excluding hydrogens is 461 g/mol. The second kappa shape index (κ2) is 7.43. The maximum absolute atomic E-state index is 14.0. The first-order valence-electron chi connectivity index (χ1n) is 7.02. The second-order valence-electron chi connectivity index (χ2n) is 5.46. The molecule has 0 fully saturated rings. The van der Waals surface area contributed by atoms with Gasteiger partial charge in [0, 0.05) is 27.9 Å². The lowest BCUT2D eigenvalue weighted by molar-refractivity contribution is 0.0558. The van der Waals surface area contributed by atoms with E-state index in [1.165, 1.54) is 12.3 Å². The zero-order valence-corrected chi connectivity index (χ0v) is 16.6. The molecule has 0 amide bonds. The van der Waals surface area contributed by atoms with Crippen LogP contribution in [-0.4, -0.2) is 46.8 Å². The molecule has 0 radical (unpaired) electrons. The van der Waals surface area contributed by atoms with Gasteiger partial charge in [-0.2, -0.15) is 13.8 Å². The molecule has 13 heteroatoms. The van der Waals surface area contributed by atoms with Crippen molar-refractivity contribution in [3.05, 3.63) is 28.4 Å². The highest BCUT2D eigenvalue weighted by Gasteiger charge is 2.51. The molecule has 0 saturated carbocycles. The summed E-state index contributed by atoms with van der Waals surface area (Å²) < 4.78 is 66.1. The number of sulfone groups is 1. The molecule has 1 heterocycles. The predicted molar refractivity (Wildman–Crippen MR) is 93.0 cm³/mol. The van der Waals surface area contributed by atoms with Crippen molar-refractivity contribution in [1.82, 2.24) is 9.97 Å². The third-order valence-corrected chi connectivity index (χ3v) is 5.89. The van der Waals surface area contributed by atoms with Gasteiger partial charge < -0.3 is 14.5 Å². The first-order chi connectivity index (χ1) is 11.8. The Morgan fingerprint density at radius 2 is 2.00 bits per heavy atom. The SMILES string of the molecule is CS(=O)(=O)CCCOc1ncc2cc(Br)c(C(F)(F)P(=O)(O)O)cc2n1. The Labute approximate surface area is 155 Å². The molecule has 2 rings (SSSR count). The maximum atomic E-state index is 14.0. The van der Waals surface area contributed by atoms with Crippen LogP contribution in [0.2, 0.25) is 0 Å². The maximum Gasteiger partial charge on any atom is 0.399 e. The van der Waals surface area contributed by atoms with Gasteiger partial charge in [0.1, 0.15) is 9.84 Å². The number of hydrogen-bond acceptors (Lipinski definition) is 6. The number of ether oxygens (including phenoxy) is 1. The summed E-state index contributed by atoms with van der Waals surface area (Å²) in [6.07, 6.45) is 2.57. The van der Waals surface area contributed by atoms with Gasteiger partial charge in [-0.1, -0.05) is 15.9 Å². The Bertz CT molecular complexity index is 982. The molecule has 0 saturated heterocycles. The van der Waals surface area contributed by atoms with E-state index in [1.54, 1.807) is 0 Å². The van der Waals surface area contributed by atoms with Crippen LogP contribution in [0.15, 0.2) is 22.8 Å². The normalized spacial score (nSPS) is 13.2. The topological polar surface area (TPSA) is 127 Å². The number of fused-ring (bicyclic) bond motifs is 1. The third-order valence-electron chi connectivity index (χ3n) is 3.23. The van der Waals surface area contributed by atoms with E-state index in [1.807, 2.05) is 0 Å². The van der Waals surface area contributed by atoms with Crippen molar-refractivity contribution in [3.63, 3.8) is 0 Å². The Balaban J connectivity index is 2.31. The van der Waals surface area contributed by atoms with Gasteiger partial charge in [-0.3, -0.25) is 4.57 Å². The summed E-state index contributed by atoms with van der Waals surface area (Å²) in [7, 11) is -8.88. The lowest BCUT2D eigenvalue weighted by Gasteiger charge is -2.19. The van der Waals surface area contributed by atoms with Gasteiger partial charge >= 0.3 is 19.3 Å².